The maximum absolute atomic E-state index is 6.63. The summed E-state index contributed by atoms with van der Waals surface area (Å²) in [6.45, 7) is 7.40. The standard InChI is InChI=1S/C16H23ClN4/c1-12-18-15-10-13(4-5-16(15)20(12)3)14(17)11-21-8-6-19(2)7-9-21/h4-5,10,14H,6-9,11H2,1-3H3. The van der Waals surface area contributed by atoms with E-state index < -0.39 is 0 Å². The molecule has 1 aromatic heterocycles. The second kappa shape index (κ2) is 5.95. The first-order chi connectivity index (χ1) is 10.0. The van der Waals surface area contributed by atoms with Crippen LogP contribution < -0.4 is 0 Å². The smallest absolute Gasteiger partial charge is 0.106 e. The summed E-state index contributed by atoms with van der Waals surface area (Å²) in [6.07, 6.45) is 0. The number of benzene rings is 1. The molecule has 0 aliphatic carbocycles. The SMILES string of the molecule is Cc1nc2cc(C(Cl)CN3CCN(C)CC3)ccc2n1C. The van der Waals surface area contributed by atoms with Crippen LogP contribution in [0.5, 0.6) is 0 Å². The molecule has 2 heterocycles. The molecule has 114 valence electrons. The molecule has 1 fully saturated rings. The van der Waals surface area contributed by atoms with Crippen molar-refractivity contribution in [3.8, 4) is 0 Å². The van der Waals surface area contributed by atoms with Gasteiger partial charge in [0, 0.05) is 39.8 Å². The Hall–Kier alpha value is -1.10. The van der Waals surface area contributed by atoms with Crippen LogP contribution in [0.3, 0.4) is 0 Å². The first-order valence-corrected chi connectivity index (χ1v) is 7.96. The normalized spacial score (nSPS) is 19.2. The van der Waals surface area contributed by atoms with Crippen molar-refractivity contribution in [2.75, 3.05) is 39.8 Å². The lowest BCUT2D eigenvalue weighted by atomic mass is 10.1. The topological polar surface area (TPSA) is 24.3 Å². The van der Waals surface area contributed by atoms with Gasteiger partial charge in [0.25, 0.3) is 0 Å². The summed E-state index contributed by atoms with van der Waals surface area (Å²) in [4.78, 5) is 9.41. The zero-order valence-corrected chi connectivity index (χ0v) is 13.8. The summed E-state index contributed by atoms with van der Waals surface area (Å²) < 4.78 is 2.11. The average molecular weight is 307 g/mol. The zero-order valence-electron chi connectivity index (χ0n) is 13.0. The van der Waals surface area contributed by atoms with Crippen molar-refractivity contribution in [3.63, 3.8) is 0 Å². The zero-order chi connectivity index (χ0) is 15.0. The number of nitrogens with zero attached hydrogens (tertiary/aromatic N) is 4. The number of aromatic nitrogens is 2. The molecule has 5 heteroatoms. The van der Waals surface area contributed by atoms with Crippen LogP contribution in [-0.2, 0) is 7.05 Å². The third-order valence-corrected chi connectivity index (χ3v) is 4.89. The van der Waals surface area contributed by atoms with Crippen molar-refractivity contribution in [3.05, 3.63) is 29.6 Å². The van der Waals surface area contributed by atoms with Crippen LogP contribution in [0.2, 0.25) is 0 Å². The van der Waals surface area contributed by atoms with Gasteiger partial charge in [-0.3, -0.25) is 4.90 Å². The number of aryl methyl sites for hydroxylation is 2. The molecule has 0 radical (unpaired) electrons. The Labute approximate surface area is 131 Å². The van der Waals surface area contributed by atoms with Gasteiger partial charge in [0.2, 0.25) is 0 Å². The third-order valence-electron chi connectivity index (χ3n) is 4.50. The monoisotopic (exact) mass is 306 g/mol. The summed E-state index contributed by atoms with van der Waals surface area (Å²) in [5.41, 5.74) is 3.37. The molecule has 0 spiro atoms. The van der Waals surface area contributed by atoms with Crippen molar-refractivity contribution in [2.24, 2.45) is 7.05 Å². The molecular weight excluding hydrogens is 284 g/mol. The van der Waals surface area contributed by atoms with Gasteiger partial charge >= 0.3 is 0 Å². The van der Waals surface area contributed by atoms with E-state index in [-0.39, 0.29) is 5.38 Å². The van der Waals surface area contributed by atoms with E-state index in [0.29, 0.717) is 0 Å². The Balaban J connectivity index is 1.73. The minimum Gasteiger partial charge on any atom is -0.331 e. The van der Waals surface area contributed by atoms with Gasteiger partial charge in [-0.2, -0.15) is 0 Å². The lowest BCUT2D eigenvalue weighted by Gasteiger charge is -2.33. The number of likely N-dealkylation sites (N-methyl/N-ethyl adjacent to an activating group) is 1. The minimum atomic E-state index is 0.0279. The van der Waals surface area contributed by atoms with E-state index in [2.05, 4.69) is 44.6 Å². The molecule has 0 saturated carbocycles. The molecule has 0 N–H and O–H groups in total. The van der Waals surface area contributed by atoms with Crippen molar-refractivity contribution < 1.29 is 0 Å². The van der Waals surface area contributed by atoms with Crippen molar-refractivity contribution in [2.45, 2.75) is 12.3 Å². The maximum Gasteiger partial charge on any atom is 0.106 e. The number of alkyl halides is 1. The predicted molar refractivity (Wildman–Crippen MR) is 88.0 cm³/mol. The van der Waals surface area contributed by atoms with Gasteiger partial charge in [0.1, 0.15) is 5.82 Å². The Bertz CT molecular complexity index is 628. The molecular formula is C16H23ClN4. The molecule has 4 nitrogen and oxygen atoms in total. The average Bonchev–Trinajstić information content (AvgIpc) is 2.76. The lowest BCUT2D eigenvalue weighted by Crippen LogP contribution is -2.45. The Morgan fingerprint density at radius 1 is 1.19 bits per heavy atom. The van der Waals surface area contributed by atoms with Crippen molar-refractivity contribution in [1.29, 1.82) is 0 Å². The number of fused-ring (bicyclic) bond motifs is 1. The van der Waals surface area contributed by atoms with Gasteiger partial charge in [-0.25, -0.2) is 4.98 Å². The lowest BCUT2D eigenvalue weighted by molar-refractivity contribution is 0.154. The highest BCUT2D eigenvalue weighted by molar-refractivity contribution is 6.21. The number of rotatable bonds is 3. The van der Waals surface area contributed by atoms with Crippen LogP contribution in [0, 0.1) is 6.92 Å². The molecule has 1 aliphatic rings. The van der Waals surface area contributed by atoms with Gasteiger partial charge in [-0.1, -0.05) is 6.07 Å². The van der Waals surface area contributed by atoms with Crippen molar-refractivity contribution >= 4 is 22.6 Å². The highest BCUT2D eigenvalue weighted by Crippen LogP contribution is 2.26. The largest absolute Gasteiger partial charge is 0.331 e. The highest BCUT2D eigenvalue weighted by Gasteiger charge is 2.18. The van der Waals surface area contributed by atoms with Gasteiger partial charge in [-0.05, 0) is 31.7 Å². The van der Waals surface area contributed by atoms with Gasteiger partial charge < -0.3 is 9.47 Å². The number of halogens is 1. The van der Waals surface area contributed by atoms with Gasteiger partial charge in [-0.15, -0.1) is 11.6 Å². The van der Waals surface area contributed by atoms with E-state index in [0.717, 1.165) is 44.1 Å². The molecule has 3 rings (SSSR count). The number of hydrogen-bond donors (Lipinski definition) is 0. The first kappa shape index (κ1) is 14.8. The first-order valence-electron chi connectivity index (χ1n) is 7.52. The summed E-state index contributed by atoms with van der Waals surface area (Å²) in [5.74, 6) is 1.03. The Morgan fingerprint density at radius 2 is 1.90 bits per heavy atom. The maximum atomic E-state index is 6.63. The third kappa shape index (κ3) is 3.07. The predicted octanol–water partition coefficient (Wildman–Crippen LogP) is 2.41. The van der Waals surface area contributed by atoms with Crippen LogP contribution in [0.25, 0.3) is 11.0 Å². The second-order valence-corrected chi connectivity index (χ2v) is 6.56. The molecule has 1 atom stereocenters. The van der Waals surface area contributed by atoms with Crippen LogP contribution in [0.1, 0.15) is 16.8 Å². The summed E-state index contributed by atoms with van der Waals surface area (Å²) in [6, 6.07) is 6.40. The van der Waals surface area contributed by atoms with Crippen LogP contribution in [0.15, 0.2) is 18.2 Å². The Morgan fingerprint density at radius 3 is 2.62 bits per heavy atom. The fraction of sp³-hybridized carbons (Fsp3) is 0.562. The molecule has 1 aromatic carbocycles. The Kier molecular flexibility index (Phi) is 4.20. The molecule has 1 aliphatic heterocycles. The van der Waals surface area contributed by atoms with E-state index in [4.69, 9.17) is 11.6 Å². The fourth-order valence-electron chi connectivity index (χ4n) is 2.89. The van der Waals surface area contributed by atoms with Gasteiger partial charge in [0.05, 0.1) is 16.4 Å². The molecule has 0 amide bonds. The minimum absolute atomic E-state index is 0.0279. The number of hydrogen-bond acceptors (Lipinski definition) is 3. The number of piperazine rings is 1. The molecule has 21 heavy (non-hydrogen) atoms. The second-order valence-electron chi connectivity index (χ2n) is 6.04. The summed E-state index contributed by atoms with van der Waals surface area (Å²) in [5, 5.41) is 0.0279. The van der Waals surface area contributed by atoms with Gasteiger partial charge in [0.15, 0.2) is 0 Å². The van der Waals surface area contributed by atoms with E-state index >= 15 is 0 Å². The quantitative estimate of drug-likeness (QED) is 0.814. The van der Waals surface area contributed by atoms with E-state index in [1.807, 2.05) is 14.0 Å². The van der Waals surface area contributed by atoms with Crippen molar-refractivity contribution in [1.82, 2.24) is 19.4 Å². The molecule has 2 aromatic rings. The molecule has 1 unspecified atom stereocenters. The van der Waals surface area contributed by atoms with Crippen LogP contribution >= 0.6 is 11.6 Å². The fourth-order valence-corrected chi connectivity index (χ4v) is 3.23. The molecule has 0 bridgehead atoms. The summed E-state index contributed by atoms with van der Waals surface area (Å²) >= 11 is 6.63. The van der Waals surface area contributed by atoms with E-state index in [1.165, 1.54) is 11.1 Å². The summed E-state index contributed by atoms with van der Waals surface area (Å²) in [7, 11) is 4.22. The van der Waals surface area contributed by atoms with Crippen LogP contribution in [-0.4, -0.2) is 59.1 Å². The van der Waals surface area contributed by atoms with E-state index in [9.17, 15) is 0 Å². The highest BCUT2D eigenvalue weighted by atomic mass is 35.5. The van der Waals surface area contributed by atoms with E-state index in [1.54, 1.807) is 0 Å². The number of imidazole rings is 1. The molecule has 1 saturated heterocycles. The van der Waals surface area contributed by atoms with Crippen LogP contribution in [0.4, 0.5) is 0 Å².